The zero-order chi connectivity index (χ0) is 32.7. The van der Waals surface area contributed by atoms with Crippen molar-refractivity contribution >= 4 is 19.9 Å². The molecule has 1 unspecified atom stereocenters. The third-order valence-electron chi connectivity index (χ3n) is 8.07. The topological polar surface area (TPSA) is 101 Å². The highest BCUT2D eigenvalue weighted by atomic mass is 35.5. The molecule has 0 bridgehead atoms. The maximum atomic E-state index is 15.5. The van der Waals surface area contributed by atoms with Gasteiger partial charge in [0.2, 0.25) is 0 Å². The van der Waals surface area contributed by atoms with Gasteiger partial charge in [-0.2, -0.15) is 23.4 Å². The van der Waals surface area contributed by atoms with Crippen molar-refractivity contribution in [1.29, 1.82) is 0 Å². The Morgan fingerprint density at radius 2 is 1.73 bits per heavy atom. The lowest BCUT2D eigenvalue weighted by Crippen LogP contribution is -2.41. The van der Waals surface area contributed by atoms with Crippen LogP contribution in [0.3, 0.4) is 0 Å². The highest BCUT2D eigenvalue weighted by molar-refractivity contribution is 6.74. The predicted molar refractivity (Wildman–Crippen MR) is 163 cm³/mol. The number of nitrogens with zero attached hydrogens (tertiary/aromatic N) is 9. The van der Waals surface area contributed by atoms with E-state index in [0.29, 0.717) is 30.7 Å². The van der Waals surface area contributed by atoms with Crippen LogP contribution < -0.4 is 0 Å². The zero-order valence-corrected chi connectivity index (χ0v) is 27.3. The second-order valence-corrected chi connectivity index (χ2v) is 17.3. The molecule has 0 saturated carbocycles. The quantitative estimate of drug-likeness (QED) is 0.122. The number of rotatable bonds is 9. The maximum Gasteiger partial charge on any atom is 0.436 e. The minimum absolute atomic E-state index is 0.0224. The number of hydrogen-bond acceptors (Lipinski definition) is 7. The Hall–Kier alpha value is -3.95. The van der Waals surface area contributed by atoms with Crippen LogP contribution in [0.25, 0.3) is 28.2 Å². The van der Waals surface area contributed by atoms with Gasteiger partial charge < -0.3 is 4.43 Å². The summed E-state index contributed by atoms with van der Waals surface area (Å²) in [6.45, 7) is 11.3. The number of pyridine rings is 1. The fourth-order valence-corrected chi connectivity index (χ4v) is 5.73. The molecular weight excluding hydrogens is 630 g/mol. The van der Waals surface area contributed by atoms with Crippen molar-refractivity contribution in [3.05, 3.63) is 77.6 Å². The molecule has 0 radical (unpaired) electrons. The zero-order valence-electron chi connectivity index (χ0n) is 25.5. The number of alkyl halides is 3. The Labute approximate surface area is 263 Å². The van der Waals surface area contributed by atoms with E-state index in [4.69, 9.17) is 16.0 Å². The summed E-state index contributed by atoms with van der Waals surface area (Å²) in [5, 5.41) is 15.3. The van der Waals surface area contributed by atoms with Crippen molar-refractivity contribution in [3.63, 3.8) is 0 Å². The van der Waals surface area contributed by atoms with Gasteiger partial charge in [0.1, 0.15) is 6.33 Å². The first-order valence-electron chi connectivity index (χ1n) is 14.0. The normalized spacial score (nSPS) is 13.4. The Bertz CT molecular complexity index is 1790. The SMILES string of the molecule is Cn1ncnc1-c1cnn(C(CCO[Si](C)(C)C(C)(C)C)c2ccc(-c3c(-n4cc(C(F)(F)F)nn4)ccc(Cl)c3F)cn2)c1. The average molecular weight is 662 g/mol. The van der Waals surface area contributed by atoms with Gasteiger partial charge in [-0.1, -0.05) is 43.7 Å². The molecule has 0 aliphatic rings. The fourth-order valence-electron chi connectivity index (χ4n) is 4.51. The predicted octanol–water partition coefficient (Wildman–Crippen LogP) is 7.13. The second-order valence-electron chi connectivity index (χ2n) is 12.1. The van der Waals surface area contributed by atoms with E-state index in [9.17, 15) is 13.2 Å². The van der Waals surface area contributed by atoms with Gasteiger partial charge in [-0.3, -0.25) is 9.67 Å². The van der Waals surface area contributed by atoms with Gasteiger partial charge in [-0.05, 0) is 42.8 Å². The molecule has 0 spiro atoms. The van der Waals surface area contributed by atoms with E-state index in [1.165, 1.54) is 24.7 Å². The molecule has 0 fully saturated rings. The van der Waals surface area contributed by atoms with Crippen molar-refractivity contribution in [2.75, 3.05) is 6.61 Å². The van der Waals surface area contributed by atoms with Crippen LogP contribution in [-0.2, 0) is 17.6 Å². The number of aromatic nitrogens is 9. The highest BCUT2D eigenvalue weighted by Gasteiger charge is 2.37. The Morgan fingerprint density at radius 1 is 0.978 bits per heavy atom. The molecule has 4 heterocycles. The van der Waals surface area contributed by atoms with E-state index < -0.39 is 26.0 Å². The summed E-state index contributed by atoms with van der Waals surface area (Å²) in [4.78, 5) is 8.97. The Balaban J connectivity index is 1.50. The molecular formula is C29H32ClF4N9OSi. The molecule has 5 rings (SSSR count). The molecule has 45 heavy (non-hydrogen) atoms. The van der Waals surface area contributed by atoms with Crippen LogP contribution in [0.5, 0.6) is 0 Å². The smallest absolute Gasteiger partial charge is 0.417 e. The van der Waals surface area contributed by atoms with E-state index in [-0.39, 0.29) is 32.9 Å². The van der Waals surface area contributed by atoms with Gasteiger partial charge in [-0.25, -0.2) is 18.7 Å². The fraction of sp³-hybridized carbons (Fsp3) is 0.379. The highest BCUT2D eigenvalue weighted by Crippen LogP contribution is 2.38. The minimum Gasteiger partial charge on any atom is -0.417 e. The Morgan fingerprint density at radius 3 is 2.33 bits per heavy atom. The van der Waals surface area contributed by atoms with Crippen LogP contribution in [-0.4, -0.2) is 59.4 Å². The average Bonchev–Trinajstić information content (AvgIpc) is 3.73. The first-order chi connectivity index (χ1) is 21.1. The van der Waals surface area contributed by atoms with Crippen LogP contribution in [0.2, 0.25) is 23.2 Å². The van der Waals surface area contributed by atoms with E-state index in [2.05, 4.69) is 64.3 Å². The van der Waals surface area contributed by atoms with Gasteiger partial charge in [0.25, 0.3) is 0 Å². The summed E-state index contributed by atoms with van der Waals surface area (Å²) in [6.07, 6.45) is 2.98. The van der Waals surface area contributed by atoms with Crippen LogP contribution in [0.4, 0.5) is 17.6 Å². The molecule has 10 nitrogen and oxygen atoms in total. The molecule has 0 saturated heterocycles. The first kappa shape index (κ1) is 32.4. The summed E-state index contributed by atoms with van der Waals surface area (Å²) < 4.78 is 65.9. The lowest BCUT2D eigenvalue weighted by Gasteiger charge is -2.36. The Kier molecular flexibility index (Phi) is 8.72. The maximum absolute atomic E-state index is 15.5. The van der Waals surface area contributed by atoms with E-state index >= 15 is 4.39 Å². The molecule has 1 aromatic carbocycles. The number of hydrogen-bond donors (Lipinski definition) is 0. The van der Waals surface area contributed by atoms with Crippen molar-refractivity contribution in [1.82, 2.24) is 44.5 Å². The van der Waals surface area contributed by atoms with Crippen molar-refractivity contribution < 1.29 is 22.0 Å². The molecule has 5 aromatic rings. The van der Waals surface area contributed by atoms with E-state index in [1.54, 1.807) is 34.7 Å². The molecule has 4 aromatic heterocycles. The number of benzene rings is 1. The standard InChI is InChI=1S/C29H32ClF4N9OSi/c1-28(2,3)45(5,6)44-12-11-22(42-15-19(14-37-42)27-36-17-38-41(27)4)21-9-7-18(13-35-21)25-23(10-8-20(30)26(25)31)43-16-24(39-40-43)29(32,33)34/h7-10,13-17,22H,11-12H2,1-6H3. The molecule has 0 aliphatic carbocycles. The minimum atomic E-state index is -4.71. The van der Waals surface area contributed by atoms with Crippen molar-refractivity contribution in [2.24, 2.45) is 7.05 Å². The number of halogens is 5. The summed E-state index contributed by atoms with van der Waals surface area (Å²) in [7, 11) is -0.254. The van der Waals surface area contributed by atoms with Gasteiger partial charge in [-0.15, -0.1) is 5.10 Å². The van der Waals surface area contributed by atoms with Crippen LogP contribution in [0.15, 0.2) is 55.4 Å². The first-order valence-corrected chi connectivity index (χ1v) is 17.3. The van der Waals surface area contributed by atoms with Gasteiger partial charge in [0.05, 0.1) is 40.4 Å². The van der Waals surface area contributed by atoms with E-state index in [1.807, 2.05) is 6.20 Å². The van der Waals surface area contributed by atoms with Gasteiger partial charge in [0.15, 0.2) is 25.7 Å². The molecule has 0 N–H and O–H groups in total. The summed E-state index contributed by atoms with van der Waals surface area (Å²) in [5.74, 6) is -0.181. The van der Waals surface area contributed by atoms with Gasteiger partial charge >= 0.3 is 6.18 Å². The lowest BCUT2D eigenvalue weighted by atomic mass is 10.0. The molecule has 1 atom stereocenters. The van der Waals surface area contributed by atoms with Gasteiger partial charge in [0, 0.05) is 37.2 Å². The van der Waals surface area contributed by atoms with Crippen LogP contribution >= 0.6 is 11.6 Å². The third-order valence-corrected chi connectivity index (χ3v) is 12.9. The summed E-state index contributed by atoms with van der Waals surface area (Å²) in [5.41, 5.74) is 0.415. The van der Waals surface area contributed by atoms with Crippen LogP contribution in [0.1, 0.15) is 44.6 Å². The number of aryl methyl sites for hydroxylation is 1. The van der Waals surface area contributed by atoms with Crippen LogP contribution in [0, 0.1) is 5.82 Å². The largest absolute Gasteiger partial charge is 0.436 e. The van der Waals surface area contributed by atoms with Crippen molar-refractivity contribution in [3.8, 4) is 28.2 Å². The summed E-state index contributed by atoms with van der Waals surface area (Å²) in [6, 6.07) is 5.62. The molecule has 16 heteroatoms. The molecule has 238 valence electrons. The lowest BCUT2D eigenvalue weighted by molar-refractivity contribution is -0.141. The molecule has 0 aliphatic heterocycles. The summed E-state index contributed by atoms with van der Waals surface area (Å²) >= 11 is 6.09. The second kappa shape index (κ2) is 12.1. The van der Waals surface area contributed by atoms with E-state index in [0.717, 1.165) is 10.2 Å². The van der Waals surface area contributed by atoms with Crippen molar-refractivity contribution in [2.45, 2.75) is 57.5 Å². The molecule has 0 amide bonds. The monoisotopic (exact) mass is 661 g/mol. The third kappa shape index (κ3) is 6.70.